The molecule has 0 aromatic carbocycles. The van der Waals surface area contributed by atoms with Gasteiger partial charge in [0.2, 0.25) is 5.95 Å². The Morgan fingerprint density at radius 2 is 2.35 bits per heavy atom. The summed E-state index contributed by atoms with van der Waals surface area (Å²) in [4.78, 5) is 11.4. The van der Waals surface area contributed by atoms with E-state index in [0.717, 1.165) is 12.2 Å². The third-order valence-electron chi connectivity index (χ3n) is 2.89. The van der Waals surface area contributed by atoms with Gasteiger partial charge in [-0.05, 0) is 6.92 Å². The molecule has 100 valence electrons. The molecule has 0 amide bonds. The van der Waals surface area contributed by atoms with E-state index in [1.807, 2.05) is 19.2 Å². The normalized spacial score (nSPS) is 10.6. The fourth-order valence-electron chi connectivity index (χ4n) is 1.94. The van der Waals surface area contributed by atoms with Crippen molar-refractivity contribution >= 4 is 28.5 Å². The highest BCUT2D eigenvalue weighted by Crippen LogP contribution is 2.23. The van der Waals surface area contributed by atoms with Crippen molar-refractivity contribution in [1.29, 1.82) is 5.26 Å². The van der Waals surface area contributed by atoms with E-state index in [2.05, 4.69) is 25.4 Å². The second-order valence-electron chi connectivity index (χ2n) is 4.18. The molecule has 3 aromatic rings. The standard InChI is InChI=1S/C12H12N8/c1-2-20-6-8(5-16-20)17-12-18-10(14)9-7(3-13)4-15-11(9)19-12/h4-6H,2H2,1H3,(H4,14,15,17,18,19). The van der Waals surface area contributed by atoms with E-state index in [4.69, 9.17) is 11.0 Å². The molecule has 0 aliphatic carbocycles. The minimum absolute atomic E-state index is 0.262. The number of hydrogen-bond acceptors (Lipinski definition) is 6. The lowest BCUT2D eigenvalue weighted by molar-refractivity contribution is 0.660. The van der Waals surface area contributed by atoms with E-state index in [0.29, 0.717) is 22.5 Å². The largest absolute Gasteiger partial charge is 0.383 e. The van der Waals surface area contributed by atoms with E-state index >= 15 is 0 Å². The zero-order valence-electron chi connectivity index (χ0n) is 10.8. The Balaban J connectivity index is 1.99. The predicted molar refractivity (Wildman–Crippen MR) is 74.2 cm³/mol. The van der Waals surface area contributed by atoms with Crippen LogP contribution in [0.15, 0.2) is 18.6 Å². The van der Waals surface area contributed by atoms with Gasteiger partial charge in [0, 0.05) is 18.9 Å². The molecule has 3 rings (SSSR count). The van der Waals surface area contributed by atoms with Crippen LogP contribution < -0.4 is 11.1 Å². The highest BCUT2D eigenvalue weighted by Gasteiger charge is 2.11. The zero-order valence-corrected chi connectivity index (χ0v) is 10.8. The van der Waals surface area contributed by atoms with Gasteiger partial charge in [-0.3, -0.25) is 4.68 Å². The van der Waals surface area contributed by atoms with Crippen molar-refractivity contribution in [2.45, 2.75) is 13.5 Å². The lowest BCUT2D eigenvalue weighted by Gasteiger charge is -2.03. The average Bonchev–Trinajstić information content (AvgIpc) is 3.05. The number of rotatable bonds is 3. The van der Waals surface area contributed by atoms with Gasteiger partial charge >= 0.3 is 0 Å². The summed E-state index contributed by atoms with van der Waals surface area (Å²) >= 11 is 0. The topological polar surface area (TPSA) is 121 Å². The summed E-state index contributed by atoms with van der Waals surface area (Å²) in [6.45, 7) is 2.78. The maximum atomic E-state index is 8.98. The molecule has 4 N–H and O–H groups in total. The van der Waals surface area contributed by atoms with Gasteiger partial charge in [0.15, 0.2) is 0 Å². The van der Waals surface area contributed by atoms with Gasteiger partial charge in [0.25, 0.3) is 0 Å². The third kappa shape index (κ3) is 1.91. The zero-order chi connectivity index (χ0) is 14.1. The number of aryl methyl sites for hydroxylation is 1. The summed E-state index contributed by atoms with van der Waals surface area (Å²) in [5.41, 5.74) is 7.62. The van der Waals surface area contributed by atoms with Crippen molar-refractivity contribution in [2.75, 3.05) is 11.1 Å². The molecule has 0 saturated carbocycles. The number of fused-ring (bicyclic) bond motifs is 1. The van der Waals surface area contributed by atoms with Gasteiger partial charge in [-0.25, -0.2) is 0 Å². The fraction of sp³-hybridized carbons (Fsp3) is 0.167. The second-order valence-corrected chi connectivity index (χ2v) is 4.18. The van der Waals surface area contributed by atoms with Gasteiger partial charge in [-0.2, -0.15) is 20.3 Å². The highest BCUT2D eigenvalue weighted by molar-refractivity contribution is 5.92. The van der Waals surface area contributed by atoms with Crippen molar-refractivity contribution in [3.63, 3.8) is 0 Å². The van der Waals surface area contributed by atoms with Crippen molar-refractivity contribution in [2.24, 2.45) is 0 Å². The number of anilines is 3. The summed E-state index contributed by atoms with van der Waals surface area (Å²) < 4.78 is 1.78. The number of nitriles is 1. The molecule has 8 heteroatoms. The lowest BCUT2D eigenvalue weighted by Crippen LogP contribution is -2.01. The van der Waals surface area contributed by atoms with Crippen LogP contribution in [-0.4, -0.2) is 24.7 Å². The van der Waals surface area contributed by atoms with Crippen LogP contribution in [0.3, 0.4) is 0 Å². The molecular weight excluding hydrogens is 256 g/mol. The Morgan fingerprint density at radius 3 is 3.05 bits per heavy atom. The van der Waals surface area contributed by atoms with E-state index in [9.17, 15) is 0 Å². The van der Waals surface area contributed by atoms with Crippen LogP contribution in [0.2, 0.25) is 0 Å². The molecule has 0 unspecified atom stereocenters. The first-order valence-electron chi connectivity index (χ1n) is 6.05. The Morgan fingerprint density at radius 1 is 1.50 bits per heavy atom. The van der Waals surface area contributed by atoms with Gasteiger partial charge in [0.1, 0.15) is 17.5 Å². The van der Waals surface area contributed by atoms with Gasteiger partial charge < -0.3 is 16.0 Å². The molecular formula is C12H12N8. The lowest BCUT2D eigenvalue weighted by atomic mass is 10.2. The number of nitrogen functional groups attached to an aromatic ring is 1. The van der Waals surface area contributed by atoms with Gasteiger partial charge in [0.05, 0.1) is 22.8 Å². The van der Waals surface area contributed by atoms with E-state index in [1.54, 1.807) is 17.1 Å². The van der Waals surface area contributed by atoms with E-state index in [-0.39, 0.29) is 5.82 Å². The Kier molecular flexibility index (Phi) is 2.72. The number of hydrogen-bond donors (Lipinski definition) is 3. The van der Waals surface area contributed by atoms with Crippen LogP contribution in [0.25, 0.3) is 11.0 Å². The van der Waals surface area contributed by atoms with Crippen LogP contribution in [0.5, 0.6) is 0 Å². The maximum Gasteiger partial charge on any atom is 0.231 e. The molecule has 3 aromatic heterocycles. The van der Waals surface area contributed by atoms with E-state index in [1.165, 1.54) is 0 Å². The number of H-pyrrole nitrogens is 1. The number of nitrogens with one attached hydrogen (secondary N) is 2. The summed E-state index contributed by atoms with van der Waals surface area (Å²) in [7, 11) is 0. The Labute approximate surface area is 114 Å². The average molecular weight is 268 g/mol. The van der Waals surface area contributed by atoms with Crippen LogP contribution in [-0.2, 0) is 6.54 Å². The minimum atomic E-state index is 0.262. The third-order valence-corrected chi connectivity index (χ3v) is 2.89. The van der Waals surface area contributed by atoms with Crippen molar-refractivity contribution in [3.05, 3.63) is 24.2 Å². The SMILES string of the molecule is CCn1cc(Nc2nc(N)c3c(C#N)c[nH]c3n2)cn1. The first kappa shape index (κ1) is 12.0. The number of nitrogens with zero attached hydrogens (tertiary/aromatic N) is 5. The molecule has 0 aliphatic heterocycles. The van der Waals surface area contributed by atoms with Crippen LogP contribution >= 0.6 is 0 Å². The fourth-order valence-corrected chi connectivity index (χ4v) is 1.94. The summed E-state index contributed by atoms with van der Waals surface area (Å²) in [5.74, 6) is 0.621. The molecule has 0 aliphatic rings. The van der Waals surface area contributed by atoms with E-state index < -0.39 is 0 Å². The second kappa shape index (κ2) is 4.55. The molecule has 8 nitrogen and oxygen atoms in total. The monoisotopic (exact) mass is 268 g/mol. The molecule has 0 spiro atoms. The minimum Gasteiger partial charge on any atom is -0.383 e. The van der Waals surface area contributed by atoms with Crippen LogP contribution in [0, 0.1) is 11.3 Å². The first-order chi connectivity index (χ1) is 9.71. The summed E-state index contributed by atoms with van der Waals surface area (Å²) in [6.07, 6.45) is 5.09. The summed E-state index contributed by atoms with van der Waals surface area (Å²) in [6, 6.07) is 2.05. The Hall–Kier alpha value is -3.08. The predicted octanol–water partition coefficient (Wildman–Crippen LogP) is 1.37. The molecule has 20 heavy (non-hydrogen) atoms. The number of nitrogens with two attached hydrogens (primary N) is 1. The molecule has 0 bridgehead atoms. The molecule has 0 atom stereocenters. The smallest absolute Gasteiger partial charge is 0.231 e. The van der Waals surface area contributed by atoms with Crippen molar-refractivity contribution < 1.29 is 0 Å². The molecule has 3 heterocycles. The van der Waals surface area contributed by atoms with Gasteiger partial charge in [-0.15, -0.1) is 0 Å². The van der Waals surface area contributed by atoms with Gasteiger partial charge in [-0.1, -0.05) is 0 Å². The quantitative estimate of drug-likeness (QED) is 0.659. The first-order valence-corrected chi connectivity index (χ1v) is 6.05. The highest BCUT2D eigenvalue weighted by atomic mass is 15.3. The Bertz CT molecular complexity index is 807. The van der Waals surface area contributed by atoms with Crippen LogP contribution in [0.1, 0.15) is 12.5 Å². The van der Waals surface area contributed by atoms with Crippen molar-refractivity contribution in [1.82, 2.24) is 24.7 Å². The summed E-state index contributed by atoms with van der Waals surface area (Å²) in [5, 5.41) is 16.7. The van der Waals surface area contributed by atoms with Crippen LogP contribution in [0.4, 0.5) is 17.5 Å². The number of aromatic nitrogens is 5. The maximum absolute atomic E-state index is 8.98. The number of aromatic amines is 1. The molecule has 0 saturated heterocycles. The molecule has 0 radical (unpaired) electrons. The van der Waals surface area contributed by atoms with Crippen molar-refractivity contribution in [3.8, 4) is 6.07 Å². The molecule has 0 fully saturated rings.